The lowest BCUT2D eigenvalue weighted by atomic mass is 10.1. The quantitative estimate of drug-likeness (QED) is 0.144. The largest absolute Gasteiger partial charge is 0.493 e. The van der Waals surface area contributed by atoms with E-state index in [1.54, 1.807) is 6.07 Å². The predicted molar refractivity (Wildman–Crippen MR) is 144 cm³/mol. The van der Waals surface area contributed by atoms with Crippen molar-refractivity contribution in [1.82, 2.24) is 10.2 Å². The van der Waals surface area contributed by atoms with E-state index in [1.165, 1.54) is 35.6 Å². The summed E-state index contributed by atoms with van der Waals surface area (Å²) in [4.78, 5) is 12.5. The molecule has 1 heterocycles. The van der Waals surface area contributed by atoms with Crippen LogP contribution < -0.4 is 19.5 Å². The number of rotatable bonds is 10. The van der Waals surface area contributed by atoms with Gasteiger partial charge in [0.15, 0.2) is 11.5 Å². The molecule has 3 aromatic rings. The van der Waals surface area contributed by atoms with Gasteiger partial charge in [0.2, 0.25) is 5.13 Å². The Morgan fingerprint density at radius 2 is 1.94 bits per heavy atom. The minimum atomic E-state index is -0.552. The van der Waals surface area contributed by atoms with Crippen molar-refractivity contribution < 1.29 is 19.0 Å². The summed E-state index contributed by atoms with van der Waals surface area (Å²) in [5.74, 6) is 1.30. The van der Waals surface area contributed by atoms with Gasteiger partial charge < -0.3 is 14.2 Å². The van der Waals surface area contributed by atoms with Crippen molar-refractivity contribution in [2.24, 2.45) is 0 Å². The molecule has 35 heavy (non-hydrogen) atoms. The second-order valence-electron chi connectivity index (χ2n) is 7.46. The maximum atomic E-state index is 12.5. The number of aryl methyl sites for hydroxylation is 3. The topological polar surface area (TPSA) is 106 Å². The molecule has 0 saturated heterocycles. The molecule has 2 aromatic carbocycles. The van der Waals surface area contributed by atoms with Gasteiger partial charge in [-0.3, -0.25) is 10.1 Å². The van der Waals surface area contributed by atoms with Gasteiger partial charge in [0, 0.05) is 0 Å². The lowest BCUT2D eigenvalue weighted by molar-refractivity contribution is -0.112. The van der Waals surface area contributed by atoms with E-state index in [4.69, 9.17) is 14.2 Å². The van der Waals surface area contributed by atoms with Crippen LogP contribution in [0.1, 0.15) is 28.6 Å². The molecule has 182 valence electrons. The first-order valence-corrected chi connectivity index (χ1v) is 12.7. The monoisotopic (exact) mass is 604 g/mol. The molecule has 0 aliphatic heterocycles. The first kappa shape index (κ1) is 26.4. The van der Waals surface area contributed by atoms with Gasteiger partial charge in [0.05, 0.1) is 10.7 Å². The Hall–Kier alpha value is -3.17. The summed E-state index contributed by atoms with van der Waals surface area (Å²) in [6.45, 7) is 6.74. The SMILES string of the molecule is CCc1nnc(NC(=O)/C(C#N)=C\c2cc(I)c(OCCOc3ccc(C)c(C)c3)c(OC)c2)s1. The van der Waals surface area contributed by atoms with E-state index in [0.717, 1.165) is 20.7 Å². The molecular formula is C25H25IN4O4S. The van der Waals surface area contributed by atoms with Crippen LogP contribution in [0.5, 0.6) is 17.2 Å². The van der Waals surface area contributed by atoms with Gasteiger partial charge in [-0.2, -0.15) is 5.26 Å². The number of hydrogen-bond donors (Lipinski definition) is 1. The fourth-order valence-electron chi connectivity index (χ4n) is 3.00. The molecule has 10 heteroatoms. The summed E-state index contributed by atoms with van der Waals surface area (Å²) in [6, 6.07) is 11.4. The molecule has 0 atom stereocenters. The first-order valence-electron chi connectivity index (χ1n) is 10.8. The van der Waals surface area contributed by atoms with E-state index in [2.05, 4.69) is 45.0 Å². The van der Waals surface area contributed by atoms with Gasteiger partial charge >= 0.3 is 0 Å². The third-order valence-corrected chi connectivity index (χ3v) is 6.78. The summed E-state index contributed by atoms with van der Waals surface area (Å²) in [5.41, 5.74) is 2.95. The van der Waals surface area contributed by atoms with E-state index in [9.17, 15) is 10.1 Å². The highest BCUT2D eigenvalue weighted by Crippen LogP contribution is 2.34. The number of ether oxygens (including phenoxy) is 3. The van der Waals surface area contributed by atoms with E-state index >= 15 is 0 Å². The molecule has 0 radical (unpaired) electrons. The van der Waals surface area contributed by atoms with Gasteiger partial charge in [-0.1, -0.05) is 24.3 Å². The van der Waals surface area contributed by atoms with E-state index in [-0.39, 0.29) is 5.57 Å². The summed E-state index contributed by atoms with van der Waals surface area (Å²) in [5, 5.41) is 21.2. The Bertz CT molecular complexity index is 1280. The summed E-state index contributed by atoms with van der Waals surface area (Å²) in [6.07, 6.45) is 2.22. The van der Waals surface area contributed by atoms with Gasteiger partial charge in [-0.15, -0.1) is 10.2 Å². The molecule has 0 fully saturated rings. The summed E-state index contributed by atoms with van der Waals surface area (Å²) < 4.78 is 18.0. The molecule has 0 aliphatic carbocycles. The Balaban J connectivity index is 1.68. The van der Waals surface area contributed by atoms with Crippen LogP contribution in [-0.2, 0) is 11.2 Å². The number of nitrogens with one attached hydrogen (secondary N) is 1. The van der Waals surface area contributed by atoms with Crippen LogP contribution in [0.3, 0.4) is 0 Å². The van der Waals surface area contributed by atoms with Gasteiger partial charge in [0.1, 0.15) is 35.6 Å². The molecule has 1 amide bonds. The zero-order chi connectivity index (χ0) is 25.4. The number of anilines is 1. The minimum Gasteiger partial charge on any atom is -0.493 e. The fraction of sp³-hybridized carbons (Fsp3) is 0.280. The number of carbonyl (C=O) groups excluding carboxylic acids is 1. The van der Waals surface area contributed by atoms with Crippen molar-refractivity contribution in [3.8, 4) is 23.3 Å². The van der Waals surface area contributed by atoms with E-state index < -0.39 is 5.91 Å². The number of nitriles is 1. The third kappa shape index (κ3) is 7.16. The van der Waals surface area contributed by atoms with Crippen molar-refractivity contribution in [1.29, 1.82) is 5.26 Å². The van der Waals surface area contributed by atoms with Crippen LogP contribution in [-0.4, -0.2) is 36.4 Å². The average Bonchev–Trinajstić information content (AvgIpc) is 3.30. The number of halogens is 1. The van der Waals surface area contributed by atoms with Crippen LogP contribution in [0.15, 0.2) is 35.9 Å². The zero-order valence-corrected chi connectivity index (χ0v) is 22.8. The highest BCUT2D eigenvalue weighted by molar-refractivity contribution is 14.1. The number of benzene rings is 2. The van der Waals surface area contributed by atoms with Crippen LogP contribution in [0.4, 0.5) is 5.13 Å². The van der Waals surface area contributed by atoms with Crippen molar-refractivity contribution in [3.05, 3.63) is 61.2 Å². The molecule has 1 aromatic heterocycles. The molecule has 0 bridgehead atoms. The normalized spacial score (nSPS) is 11.0. The van der Waals surface area contributed by atoms with E-state index in [0.29, 0.717) is 35.4 Å². The number of carbonyl (C=O) groups is 1. The van der Waals surface area contributed by atoms with Gasteiger partial charge in [0.25, 0.3) is 5.91 Å². The standard InChI is InChI=1S/C25H25IN4O4S/c1-5-22-29-30-25(35-22)28-24(31)18(14-27)11-17-12-20(26)23(21(13-17)32-4)34-9-8-33-19-7-6-15(2)16(3)10-19/h6-7,10-13H,5,8-9H2,1-4H3,(H,28,30,31)/b18-11-. The van der Waals surface area contributed by atoms with Crippen LogP contribution >= 0.6 is 33.9 Å². The Labute approximate surface area is 222 Å². The van der Waals surface area contributed by atoms with Crippen LogP contribution in [0.2, 0.25) is 0 Å². The molecule has 0 spiro atoms. The zero-order valence-electron chi connectivity index (χ0n) is 19.8. The Morgan fingerprint density at radius 1 is 1.17 bits per heavy atom. The predicted octanol–water partition coefficient (Wildman–Crippen LogP) is 5.33. The van der Waals surface area contributed by atoms with Gasteiger partial charge in [-0.25, -0.2) is 0 Å². The van der Waals surface area contributed by atoms with E-state index in [1.807, 2.05) is 44.2 Å². The molecule has 0 unspecified atom stereocenters. The summed E-state index contributed by atoms with van der Waals surface area (Å²) >= 11 is 3.41. The molecule has 3 rings (SSSR count). The molecule has 8 nitrogen and oxygen atoms in total. The smallest absolute Gasteiger partial charge is 0.268 e. The molecule has 0 saturated carbocycles. The maximum Gasteiger partial charge on any atom is 0.268 e. The lowest BCUT2D eigenvalue weighted by Crippen LogP contribution is -2.13. The number of aromatic nitrogens is 2. The second-order valence-corrected chi connectivity index (χ2v) is 9.68. The van der Waals surface area contributed by atoms with Crippen LogP contribution in [0.25, 0.3) is 6.08 Å². The fourth-order valence-corrected chi connectivity index (χ4v) is 4.45. The van der Waals surface area contributed by atoms with Crippen molar-refractivity contribution in [3.63, 3.8) is 0 Å². The van der Waals surface area contributed by atoms with Crippen molar-refractivity contribution in [2.75, 3.05) is 25.6 Å². The van der Waals surface area contributed by atoms with Crippen molar-refractivity contribution >= 4 is 51.0 Å². The third-order valence-electron chi connectivity index (χ3n) is 4.99. The molecular weight excluding hydrogens is 579 g/mol. The maximum absolute atomic E-state index is 12.5. The number of hydrogen-bond acceptors (Lipinski definition) is 8. The highest BCUT2D eigenvalue weighted by Gasteiger charge is 2.15. The molecule has 1 N–H and O–H groups in total. The first-order chi connectivity index (χ1) is 16.8. The second kappa shape index (κ2) is 12.5. The number of amides is 1. The Morgan fingerprint density at radius 3 is 2.60 bits per heavy atom. The van der Waals surface area contributed by atoms with Gasteiger partial charge in [-0.05, 0) is 89.9 Å². The van der Waals surface area contributed by atoms with Crippen molar-refractivity contribution in [2.45, 2.75) is 27.2 Å². The highest BCUT2D eigenvalue weighted by atomic mass is 127. The summed E-state index contributed by atoms with van der Waals surface area (Å²) in [7, 11) is 1.54. The minimum absolute atomic E-state index is 0.0634. The lowest BCUT2D eigenvalue weighted by Gasteiger charge is -2.14. The molecule has 0 aliphatic rings. The Kier molecular flexibility index (Phi) is 9.45. The number of methoxy groups -OCH3 is 1. The average molecular weight is 604 g/mol. The van der Waals surface area contributed by atoms with Crippen LogP contribution in [0, 0.1) is 28.7 Å². The number of nitrogens with zero attached hydrogens (tertiary/aromatic N) is 3.